The van der Waals surface area contributed by atoms with Crippen molar-refractivity contribution in [2.24, 2.45) is 0 Å². The maximum atomic E-state index is 13.2. The van der Waals surface area contributed by atoms with E-state index in [1.165, 1.54) is 146 Å². The molecule has 0 fully saturated rings. The number of aliphatic hydroxyl groups excluding tert-OH is 2. The summed E-state index contributed by atoms with van der Waals surface area (Å²) in [4.78, 5) is 104. The number of nitrogens with zero attached hydrogens (tertiary/aromatic N) is 4. The van der Waals surface area contributed by atoms with Gasteiger partial charge in [0.1, 0.15) is 46.0 Å². The lowest BCUT2D eigenvalue weighted by Crippen LogP contribution is -2.32. The van der Waals surface area contributed by atoms with Crippen molar-refractivity contribution < 1.29 is 118 Å². The number of alkyl halides is 2. The number of rotatable bonds is 28. The second-order valence-corrected chi connectivity index (χ2v) is 36.7. The van der Waals surface area contributed by atoms with Gasteiger partial charge in [-0.3, -0.25) is 38.4 Å². The number of hydrogen-bond acceptors (Lipinski definition) is 26. The van der Waals surface area contributed by atoms with Crippen molar-refractivity contribution in [1.82, 2.24) is 20.3 Å². The predicted molar refractivity (Wildman–Crippen MR) is 454 cm³/mol. The highest BCUT2D eigenvalue weighted by molar-refractivity contribution is 9.08. The zero-order chi connectivity index (χ0) is 89.7. The molecular formula is C90H66Br2N4O26S4. The number of fused-ring (bicyclic) bond motifs is 4. The smallest absolute Gasteiger partial charge is 0.318 e. The first-order valence-corrected chi connectivity index (χ1v) is 45.6. The molecule has 16 rings (SSSR count). The number of imide groups is 4. The topological polar surface area (TPSA) is 400 Å². The minimum Gasteiger partial charge on any atom is -0.457 e. The van der Waals surface area contributed by atoms with E-state index >= 15 is 0 Å². The van der Waals surface area contributed by atoms with Crippen LogP contribution in [0.1, 0.15) is 155 Å². The first-order valence-electron chi connectivity index (χ1n) is 37.7. The third-order valence-corrected chi connectivity index (χ3v) is 26.8. The van der Waals surface area contributed by atoms with Crippen LogP contribution in [0.3, 0.4) is 0 Å². The number of carbonyl (C=O) groups is 8. The third kappa shape index (κ3) is 17.7. The van der Waals surface area contributed by atoms with E-state index in [0.717, 1.165) is 33.4 Å². The standard InChI is InChI=1S/C45H32Br2N2O12S2.C45H34N2O14S2/c1-45(2,29-7-11-31(12-8-29)58-33-15-21-37-39(23-33)43(52)48(41(37)50)60-62(54,55)35-17-3-27(25-46)4-18-35)30-9-13-32(14-10-30)59-34-16-22-38-40(24-34)44(53)49(42(38)51)61-63(56,57)36-19-5-28(26-47)6-20-36;1-45(2,29-7-11-31(12-8-29)58-33-15-21-37-39(23-33)43(52)46(41(37)50)60-62(54,55)35-17-3-27(25-48)4-18-35)30-9-13-32(14-10-30)59-34-16-22-38-40(24-34)44(53)47(42(38)51)61-63(56,57)36-19-5-28(26-49)6-20-36/h3-24H,25-26H2,1-2H3;3-24,48-49H,25-26H2,1-2H3. The number of benzene rings is 12. The third-order valence-electron chi connectivity index (χ3n) is 20.7. The molecule has 0 aromatic heterocycles. The Kier molecular flexibility index (Phi) is 24.3. The van der Waals surface area contributed by atoms with E-state index in [4.69, 9.17) is 36.1 Å². The van der Waals surface area contributed by atoms with E-state index in [1.54, 1.807) is 72.8 Å². The van der Waals surface area contributed by atoms with Gasteiger partial charge in [0.15, 0.2) is 0 Å². The number of carbonyl (C=O) groups excluding carboxylic acids is 8. The molecule has 640 valence electrons. The average Bonchev–Trinajstić information content (AvgIpc) is 1.63. The molecule has 0 saturated heterocycles. The molecule has 4 aliphatic heterocycles. The van der Waals surface area contributed by atoms with Gasteiger partial charge >= 0.3 is 40.5 Å². The summed E-state index contributed by atoms with van der Waals surface area (Å²) in [6, 6.07) is 67.4. The Hall–Kier alpha value is -13.1. The fourth-order valence-corrected chi connectivity index (χ4v) is 17.8. The Balaban J connectivity index is 0.000000194. The molecule has 0 spiro atoms. The fourth-order valence-electron chi connectivity index (χ4n) is 13.5. The number of hydrogen-bond donors (Lipinski definition) is 2. The number of halogens is 2. The molecule has 12 aromatic rings. The van der Waals surface area contributed by atoms with Crippen LogP contribution in [0.4, 0.5) is 0 Å². The van der Waals surface area contributed by atoms with E-state index in [1.807, 2.05) is 76.2 Å². The highest BCUT2D eigenvalue weighted by atomic mass is 79.9. The number of aliphatic hydroxyl groups is 2. The molecule has 4 heterocycles. The molecule has 12 aromatic carbocycles. The van der Waals surface area contributed by atoms with Crippen LogP contribution in [-0.4, -0.2) is 111 Å². The van der Waals surface area contributed by atoms with Crippen molar-refractivity contribution in [2.45, 2.75) is 82.0 Å². The van der Waals surface area contributed by atoms with Crippen molar-refractivity contribution in [3.8, 4) is 46.0 Å². The highest BCUT2D eigenvalue weighted by Gasteiger charge is 2.46. The van der Waals surface area contributed by atoms with E-state index in [-0.39, 0.29) is 121 Å². The van der Waals surface area contributed by atoms with Gasteiger partial charge in [0.2, 0.25) is 0 Å². The van der Waals surface area contributed by atoms with Crippen molar-refractivity contribution in [2.75, 3.05) is 0 Å². The molecule has 0 unspecified atom stereocenters. The van der Waals surface area contributed by atoms with Crippen molar-refractivity contribution in [3.05, 3.63) is 356 Å². The van der Waals surface area contributed by atoms with Crippen LogP contribution in [0.5, 0.6) is 46.0 Å². The lowest BCUT2D eigenvalue weighted by atomic mass is 9.78. The predicted octanol–water partition coefficient (Wildman–Crippen LogP) is 15.6. The first-order chi connectivity index (χ1) is 60.0. The van der Waals surface area contributed by atoms with Gasteiger partial charge in [0, 0.05) is 21.5 Å². The van der Waals surface area contributed by atoms with Gasteiger partial charge in [0.05, 0.1) is 77.3 Å². The van der Waals surface area contributed by atoms with Gasteiger partial charge in [-0.05, 0) is 214 Å². The SMILES string of the molecule is CC(C)(c1ccc(Oc2ccc3c(c2)C(=O)N(OS(=O)(=O)c2ccc(CBr)cc2)C3=O)cc1)c1ccc(Oc2ccc3c(c2)C(=O)N(OS(=O)(=O)c2ccc(CBr)cc2)C3=O)cc1.CC(C)(c1ccc(Oc2ccc3c(c2)C(=O)N(OS(=O)(=O)c2ccc(CO)cc2)C3=O)cc1)c1ccc(Oc2ccc3c(c2)C(=O)N(OS(=O)(=O)c2ccc(CO)cc2)C3=O)cc1. The number of ether oxygens (including phenoxy) is 4. The van der Waals surface area contributed by atoms with Crippen molar-refractivity contribution in [3.63, 3.8) is 0 Å². The fraction of sp³-hybridized carbons (Fsp3) is 0.111. The van der Waals surface area contributed by atoms with Crippen molar-refractivity contribution in [1.29, 1.82) is 0 Å². The second-order valence-electron chi connectivity index (χ2n) is 29.5. The quantitative estimate of drug-likeness (QED) is 0.0340. The summed E-state index contributed by atoms with van der Waals surface area (Å²) in [6.45, 7) is 7.49. The summed E-state index contributed by atoms with van der Waals surface area (Å²) < 4.78 is 147. The van der Waals surface area contributed by atoms with Gasteiger partial charge in [0.25, 0.3) is 47.3 Å². The molecular weight excluding hydrogens is 1840 g/mol. The second kappa shape index (κ2) is 34.8. The molecule has 36 heteroatoms. The average molecular weight is 1910 g/mol. The van der Waals surface area contributed by atoms with Crippen LogP contribution in [0, 0.1) is 0 Å². The molecule has 0 atom stereocenters. The van der Waals surface area contributed by atoms with E-state index in [2.05, 4.69) is 31.9 Å². The highest BCUT2D eigenvalue weighted by Crippen LogP contribution is 2.42. The van der Waals surface area contributed by atoms with Crippen LogP contribution >= 0.6 is 31.9 Å². The molecule has 126 heavy (non-hydrogen) atoms. The summed E-state index contributed by atoms with van der Waals surface area (Å²) in [6.07, 6.45) is 0. The molecule has 30 nitrogen and oxygen atoms in total. The van der Waals surface area contributed by atoms with Crippen LogP contribution in [-0.2, 0) is 92.3 Å². The maximum absolute atomic E-state index is 13.2. The summed E-state index contributed by atoms with van der Waals surface area (Å²) in [5.74, 6) is -5.06. The van der Waals surface area contributed by atoms with Crippen LogP contribution in [0.25, 0.3) is 0 Å². The minimum absolute atomic E-state index is 0.0371. The molecule has 0 aliphatic carbocycles. The summed E-state index contributed by atoms with van der Waals surface area (Å²) in [7, 11) is -18.1. The van der Waals surface area contributed by atoms with Crippen molar-refractivity contribution >= 4 is 120 Å². The lowest BCUT2D eigenvalue weighted by Gasteiger charge is -2.26. The molecule has 2 N–H and O–H groups in total. The van der Waals surface area contributed by atoms with E-state index in [9.17, 15) is 82.2 Å². The zero-order valence-corrected chi connectivity index (χ0v) is 72.5. The molecule has 0 bridgehead atoms. The zero-order valence-electron chi connectivity index (χ0n) is 66.1. The van der Waals surface area contributed by atoms with Crippen LogP contribution < -0.4 is 18.9 Å². The Morgan fingerprint density at radius 2 is 0.421 bits per heavy atom. The molecule has 4 aliphatic rings. The molecule has 0 radical (unpaired) electrons. The first kappa shape index (κ1) is 87.8. The summed E-state index contributed by atoms with van der Waals surface area (Å²) in [5, 5.41) is 20.3. The Labute approximate surface area is 736 Å². The van der Waals surface area contributed by atoms with Gasteiger partial charge in [-0.15, -0.1) is 37.4 Å². The monoisotopic (exact) mass is 1900 g/mol. The largest absolute Gasteiger partial charge is 0.457 e. The van der Waals surface area contributed by atoms with Gasteiger partial charge in [-0.25, -0.2) is 0 Å². The van der Waals surface area contributed by atoms with Crippen LogP contribution in [0.15, 0.2) is 287 Å². The van der Waals surface area contributed by atoms with E-state index in [0.29, 0.717) is 44.8 Å². The van der Waals surface area contributed by atoms with Gasteiger partial charge in [-0.2, -0.15) is 33.7 Å². The Bertz CT molecular complexity index is 6100. The molecule has 8 amide bonds. The van der Waals surface area contributed by atoms with Gasteiger partial charge in [-0.1, -0.05) is 157 Å². The number of amides is 8. The summed E-state index contributed by atoms with van der Waals surface area (Å²) in [5.41, 5.74) is 4.64. The summed E-state index contributed by atoms with van der Waals surface area (Å²) >= 11 is 6.59. The Morgan fingerprint density at radius 1 is 0.246 bits per heavy atom. The Morgan fingerprint density at radius 3 is 0.603 bits per heavy atom. The minimum atomic E-state index is -4.56. The normalized spacial score (nSPS) is 14.0. The van der Waals surface area contributed by atoms with Crippen LogP contribution in [0.2, 0.25) is 0 Å². The number of hydroxylamine groups is 8. The van der Waals surface area contributed by atoms with Gasteiger partial charge < -0.3 is 29.2 Å². The van der Waals surface area contributed by atoms with E-state index < -0.39 is 98.6 Å². The molecule has 0 saturated carbocycles. The maximum Gasteiger partial charge on any atom is 0.318 e. The lowest BCUT2D eigenvalue weighted by molar-refractivity contribution is -0.0107.